The Hall–Kier alpha value is 1.24. The minimum atomic E-state index is -0.117. The lowest BCUT2D eigenvalue weighted by Gasteiger charge is -1.61. The average Bonchev–Trinajstić information content (AvgIpc) is 1.37. The zero-order chi connectivity index (χ0) is 3.41. The molecule has 0 aliphatic carbocycles. The van der Waals surface area contributed by atoms with Crippen LogP contribution in [0.5, 0.6) is 0 Å². The van der Waals surface area contributed by atoms with Gasteiger partial charge in [-0.05, 0) is 0 Å². The van der Waals surface area contributed by atoms with Crippen molar-refractivity contribution in [1.29, 1.82) is 0 Å². The molecule has 3 heteroatoms. The molecule has 0 saturated heterocycles. The quantitative estimate of drug-likeness (QED) is 0.256. The summed E-state index contributed by atoms with van der Waals surface area (Å²) in [5.41, 5.74) is 0. The maximum atomic E-state index is 5.32. The van der Waals surface area contributed by atoms with E-state index in [4.69, 9.17) is 11.1 Å². The first-order valence-electron chi connectivity index (χ1n) is 1.03. The summed E-state index contributed by atoms with van der Waals surface area (Å²) >= 11 is 7.60. The van der Waals surface area contributed by atoms with E-state index in [1.165, 1.54) is 4.05 Å². The molecule has 0 spiro atoms. The highest BCUT2D eigenvalue weighted by molar-refractivity contribution is 14.1. The Balaban J connectivity index is 1.97. The first kappa shape index (κ1) is 5.24. The largest absolute Gasteiger partial charge is 0.175 e. The lowest BCUT2D eigenvalue weighted by molar-refractivity contribution is 2.35. The van der Waals surface area contributed by atoms with Gasteiger partial charge in [-0.3, -0.25) is 0 Å². The Morgan fingerprint density at radius 2 is 2.25 bits per heavy atom. The maximum Gasteiger partial charge on any atom is 0.134 e. The zero-order valence-corrected chi connectivity index (χ0v) is 6.50. The van der Waals surface area contributed by atoms with Crippen LogP contribution in [0.15, 0.2) is 0 Å². The first-order valence-corrected chi connectivity index (χ1v) is 5.70. The fourth-order valence-corrected chi connectivity index (χ4v) is 0. The average molecular weight is 206 g/mol. The van der Waals surface area contributed by atoms with Crippen molar-refractivity contribution in [2.24, 2.45) is 0 Å². The molecule has 0 nitrogen and oxygen atoms in total. The summed E-state index contributed by atoms with van der Waals surface area (Å²) in [5.74, 6) is 0. The van der Waals surface area contributed by atoms with Crippen molar-refractivity contribution < 1.29 is 0 Å². The molecule has 0 unspecified atom stereocenters. The molecule has 0 aliphatic heterocycles. The Labute approximate surface area is 46.6 Å². The summed E-state index contributed by atoms with van der Waals surface area (Å²) in [6.45, 7) is 0. The summed E-state index contributed by atoms with van der Waals surface area (Å²) in [7, 11) is -0.117. The molecule has 0 aromatic heterocycles. The summed E-state index contributed by atoms with van der Waals surface area (Å²) < 4.78 is 1.19. The lowest BCUT2D eigenvalue weighted by atomic mass is 11.9. The van der Waals surface area contributed by atoms with Gasteiger partial charge < -0.3 is 0 Å². The van der Waals surface area contributed by atoms with Crippen LogP contribution in [0.25, 0.3) is 0 Å². The highest BCUT2D eigenvalue weighted by Crippen LogP contribution is 1.76. The van der Waals surface area contributed by atoms with Gasteiger partial charge in [-0.15, -0.1) is 0 Å². The SMILES string of the molecule is Cl[SiH2]CI. The molecule has 0 radical (unpaired) electrons. The Morgan fingerprint density at radius 3 is 2.25 bits per heavy atom. The van der Waals surface area contributed by atoms with E-state index in [0.29, 0.717) is 0 Å². The molecule has 0 aromatic carbocycles. The van der Waals surface area contributed by atoms with Crippen LogP contribution in [-0.2, 0) is 0 Å². The second kappa shape index (κ2) is 4.24. The fraction of sp³-hybridized carbons (Fsp3) is 1.00. The second-order valence-corrected chi connectivity index (χ2v) is 5.50. The normalized spacial score (nSPS) is 10.5. The Kier molecular flexibility index (Phi) is 5.55. The monoisotopic (exact) mass is 206 g/mol. The summed E-state index contributed by atoms with van der Waals surface area (Å²) in [6, 6.07) is 0. The predicted molar refractivity (Wildman–Crippen MR) is 33.3 cm³/mol. The van der Waals surface area contributed by atoms with Gasteiger partial charge in [0.05, 0.1) is 0 Å². The summed E-state index contributed by atoms with van der Waals surface area (Å²) in [4.78, 5) is 0. The molecule has 0 aliphatic rings. The molecule has 0 heterocycles. The summed E-state index contributed by atoms with van der Waals surface area (Å²) in [5, 5.41) is 0. The number of rotatable bonds is 1. The van der Waals surface area contributed by atoms with Crippen molar-refractivity contribution in [1.82, 2.24) is 0 Å². The first-order chi connectivity index (χ1) is 1.91. The molecule has 0 amide bonds. The number of halogens is 2. The van der Waals surface area contributed by atoms with Gasteiger partial charge in [-0.2, -0.15) is 11.1 Å². The van der Waals surface area contributed by atoms with E-state index in [2.05, 4.69) is 22.6 Å². The maximum absolute atomic E-state index is 5.32. The third-order valence-corrected chi connectivity index (χ3v) is 4.31. The van der Waals surface area contributed by atoms with Crippen LogP contribution in [-0.4, -0.2) is 12.9 Å². The van der Waals surface area contributed by atoms with E-state index in [1.54, 1.807) is 0 Å². The van der Waals surface area contributed by atoms with Gasteiger partial charge in [0.15, 0.2) is 0 Å². The van der Waals surface area contributed by atoms with Crippen LogP contribution >= 0.6 is 33.7 Å². The van der Waals surface area contributed by atoms with Crippen molar-refractivity contribution >= 4 is 42.5 Å². The van der Waals surface area contributed by atoms with Crippen LogP contribution in [0.3, 0.4) is 0 Å². The van der Waals surface area contributed by atoms with Crippen molar-refractivity contribution in [2.45, 2.75) is 0 Å². The number of alkyl halides is 1. The van der Waals surface area contributed by atoms with Crippen molar-refractivity contribution in [3.8, 4) is 0 Å². The van der Waals surface area contributed by atoms with Crippen molar-refractivity contribution in [2.75, 3.05) is 4.05 Å². The minimum absolute atomic E-state index is 0.117. The van der Waals surface area contributed by atoms with E-state index in [1.807, 2.05) is 0 Å². The molecule has 0 saturated carbocycles. The summed E-state index contributed by atoms with van der Waals surface area (Å²) in [6.07, 6.45) is 0. The molecule has 0 fully saturated rings. The van der Waals surface area contributed by atoms with Gasteiger partial charge >= 0.3 is 0 Å². The highest BCUT2D eigenvalue weighted by Gasteiger charge is 1.64. The number of hydrogen-bond acceptors (Lipinski definition) is 0. The van der Waals surface area contributed by atoms with E-state index >= 15 is 0 Å². The van der Waals surface area contributed by atoms with Gasteiger partial charge in [0, 0.05) is 4.05 Å². The highest BCUT2D eigenvalue weighted by atomic mass is 127. The van der Waals surface area contributed by atoms with E-state index in [0.717, 1.165) is 0 Å². The van der Waals surface area contributed by atoms with Crippen LogP contribution in [0.2, 0.25) is 0 Å². The number of hydrogen-bond donors (Lipinski definition) is 0. The molecule has 26 valence electrons. The van der Waals surface area contributed by atoms with Crippen LogP contribution < -0.4 is 0 Å². The van der Waals surface area contributed by atoms with Gasteiger partial charge in [0.2, 0.25) is 0 Å². The van der Waals surface area contributed by atoms with Crippen LogP contribution in [0.4, 0.5) is 0 Å². The van der Waals surface area contributed by atoms with E-state index in [-0.39, 0.29) is 8.83 Å². The molecule has 4 heavy (non-hydrogen) atoms. The Morgan fingerprint density at radius 1 is 2.00 bits per heavy atom. The van der Waals surface area contributed by atoms with Gasteiger partial charge in [0.25, 0.3) is 0 Å². The van der Waals surface area contributed by atoms with Gasteiger partial charge in [-0.25, -0.2) is 0 Å². The molecular formula is CH4ClISi. The third-order valence-electron chi connectivity index (χ3n) is 0.0714. The van der Waals surface area contributed by atoms with E-state index in [9.17, 15) is 0 Å². The second-order valence-electron chi connectivity index (χ2n) is 0.378. The topological polar surface area (TPSA) is 0 Å². The molecule has 0 rings (SSSR count). The molecule has 0 bridgehead atoms. The molecule has 0 atom stereocenters. The van der Waals surface area contributed by atoms with Gasteiger partial charge in [0.1, 0.15) is 8.83 Å². The standard InChI is InChI=1S/CH4ClISi/c2-4-1-3/h1,4H2. The Bertz CT molecular complexity index is 10.0. The lowest BCUT2D eigenvalue weighted by Crippen LogP contribution is -1.70. The van der Waals surface area contributed by atoms with Crippen molar-refractivity contribution in [3.63, 3.8) is 0 Å². The molecule has 0 N–H and O–H groups in total. The minimum Gasteiger partial charge on any atom is -0.175 e. The van der Waals surface area contributed by atoms with Crippen LogP contribution in [0, 0.1) is 0 Å². The molecule has 0 aromatic rings. The zero-order valence-electron chi connectivity index (χ0n) is 2.17. The van der Waals surface area contributed by atoms with Crippen molar-refractivity contribution in [3.05, 3.63) is 0 Å². The third kappa shape index (κ3) is 3.24. The molecular weight excluding hydrogens is 202 g/mol. The van der Waals surface area contributed by atoms with Crippen LogP contribution in [0.1, 0.15) is 0 Å². The van der Waals surface area contributed by atoms with Gasteiger partial charge in [-0.1, -0.05) is 22.6 Å². The smallest absolute Gasteiger partial charge is 0.134 e. The van der Waals surface area contributed by atoms with E-state index < -0.39 is 0 Å². The fourth-order valence-electron chi connectivity index (χ4n) is 0. The predicted octanol–water partition coefficient (Wildman–Crippen LogP) is 0.702.